The van der Waals surface area contributed by atoms with Gasteiger partial charge in [0.1, 0.15) is 5.02 Å². The molecule has 0 spiro atoms. The Bertz CT molecular complexity index is 685. The minimum absolute atomic E-state index is 0.168. The molecule has 118 valence electrons. The lowest BCUT2D eigenvalue weighted by Crippen LogP contribution is -2.29. The summed E-state index contributed by atoms with van der Waals surface area (Å²) in [5.74, 6) is 0.535. The van der Waals surface area contributed by atoms with Crippen molar-refractivity contribution in [1.82, 2.24) is 9.78 Å². The molecule has 0 bridgehead atoms. The standard InChI is InChI=1S/C15H16Cl3N3O/c1-20-15(22)14(18)13(9-19-20)21(8-2-7-16)10-11-3-5-12(17)6-4-11/h3-6,9H,2,7-8,10H2,1H3. The normalized spacial score (nSPS) is 10.7. The average Bonchev–Trinajstić information content (AvgIpc) is 2.51. The molecule has 0 radical (unpaired) electrons. The molecule has 0 unspecified atom stereocenters. The van der Waals surface area contributed by atoms with Gasteiger partial charge < -0.3 is 4.90 Å². The van der Waals surface area contributed by atoms with Crippen LogP contribution < -0.4 is 10.5 Å². The minimum atomic E-state index is -0.314. The molecule has 0 aliphatic carbocycles. The van der Waals surface area contributed by atoms with Gasteiger partial charge in [-0.05, 0) is 24.1 Å². The van der Waals surface area contributed by atoms with Gasteiger partial charge in [0.15, 0.2) is 0 Å². The molecule has 0 saturated carbocycles. The zero-order valence-corrected chi connectivity index (χ0v) is 14.4. The van der Waals surface area contributed by atoms with E-state index in [0.717, 1.165) is 12.0 Å². The number of nitrogens with zero attached hydrogens (tertiary/aromatic N) is 3. The van der Waals surface area contributed by atoms with Crippen LogP contribution in [-0.2, 0) is 13.6 Å². The van der Waals surface area contributed by atoms with Crippen LogP contribution in [0.2, 0.25) is 10.0 Å². The number of aryl methyl sites for hydroxylation is 1. The van der Waals surface area contributed by atoms with Crippen molar-refractivity contribution in [2.24, 2.45) is 7.05 Å². The summed E-state index contributed by atoms with van der Waals surface area (Å²) < 4.78 is 1.22. The molecule has 4 nitrogen and oxygen atoms in total. The summed E-state index contributed by atoms with van der Waals surface area (Å²) in [6.45, 7) is 1.28. The summed E-state index contributed by atoms with van der Waals surface area (Å²) in [4.78, 5) is 14.0. The zero-order chi connectivity index (χ0) is 16.1. The summed E-state index contributed by atoms with van der Waals surface area (Å²) in [6, 6.07) is 7.55. The predicted molar refractivity (Wildman–Crippen MR) is 92.3 cm³/mol. The molecule has 0 fully saturated rings. The summed E-state index contributed by atoms with van der Waals surface area (Å²) in [7, 11) is 1.57. The SMILES string of the molecule is Cn1ncc(N(CCCCl)Cc2ccc(Cl)cc2)c(Cl)c1=O. The van der Waals surface area contributed by atoms with E-state index in [2.05, 4.69) is 5.10 Å². The molecule has 0 aliphatic heterocycles. The van der Waals surface area contributed by atoms with E-state index < -0.39 is 0 Å². The first-order valence-electron chi connectivity index (χ1n) is 6.80. The number of alkyl halides is 1. The van der Waals surface area contributed by atoms with Gasteiger partial charge in [0, 0.05) is 31.0 Å². The largest absolute Gasteiger partial charge is 0.364 e. The van der Waals surface area contributed by atoms with E-state index in [9.17, 15) is 4.79 Å². The highest BCUT2D eigenvalue weighted by atomic mass is 35.5. The van der Waals surface area contributed by atoms with E-state index in [1.807, 2.05) is 29.2 Å². The summed E-state index contributed by atoms with van der Waals surface area (Å²) in [5, 5.41) is 4.90. The number of halogens is 3. The molecule has 0 amide bonds. The van der Waals surface area contributed by atoms with Crippen LogP contribution in [0.3, 0.4) is 0 Å². The maximum absolute atomic E-state index is 12.0. The first-order chi connectivity index (χ1) is 10.5. The fraction of sp³-hybridized carbons (Fsp3) is 0.333. The Balaban J connectivity index is 2.31. The molecule has 7 heteroatoms. The smallest absolute Gasteiger partial charge is 0.287 e. The molecular formula is C15H16Cl3N3O. The van der Waals surface area contributed by atoms with Crippen LogP contribution in [0, 0.1) is 0 Å². The molecule has 0 atom stereocenters. The molecule has 0 saturated heterocycles. The van der Waals surface area contributed by atoms with E-state index in [1.54, 1.807) is 13.2 Å². The van der Waals surface area contributed by atoms with Crippen molar-refractivity contribution < 1.29 is 0 Å². The lowest BCUT2D eigenvalue weighted by atomic mass is 10.2. The Labute approximate surface area is 144 Å². The van der Waals surface area contributed by atoms with Gasteiger partial charge in [0.05, 0.1) is 11.9 Å². The summed E-state index contributed by atoms with van der Waals surface area (Å²) in [5.41, 5.74) is 1.37. The quantitative estimate of drug-likeness (QED) is 0.737. The van der Waals surface area contributed by atoms with Crippen LogP contribution in [0.1, 0.15) is 12.0 Å². The minimum Gasteiger partial charge on any atom is -0.364 e. The molecule has 2 rings (SSSR count). The first kappa shape index (κ1) is 17.1. The molecule has 1 heterocycles. The van der Waals surface area contributed by atoms with Crippen molar-refractivity contribution >= 4 is 40.5 Å². The monoisotopic (exact) mass is 359 g/mol. The highest BCUT2D eigenvalue weighted by Gasteiger charge is 2.15. The fourth-order valence-corrected chi connectivity index (χ4v) is 2.60. The average molecular weight is 361 g/mol. The van der Waals surface area contributed by atoms with Crippen LogP contribution in [0.4, 0.5) is 5.69 Å². The van der Waals surface area contributed by atoms with Crippen LogP contribution in [0.15, 0.2) is 35.3 Å². The Morgan fingerprint density at radius 2 is 1.91 bits per heavy atom. The summed E-state index contributed by atoms with van der Waals surface area (Å²) >= 11 is 17.9. The maximum Gasteiger partial charge on any atom is 0.287 e. The molecule has 0 aliphatic rings. The van der Waals surface area contributed by atoms with Crippen LogP contribution >= 0.6 is 34.8 Å². The lowest BCUT2D eigenvalue weighted by Gasteiger charge is -2.25. The first-order valence-corrected chi connectivity index (χ1v) is 8.09. The molecule has 1 aromatic heterocycles. The van der Waals surface area contributed by atoms with E-state index in [1.165, 1.54) is 4.68 Å². The van der Waals surface area contributed by atoms with E-state index in [0.29, 0.717) is 29.7 Å². The third-order valence-electron chi connectivity index (χ3n) is 3.25. The van der Waals surface area contributed by atoms with Gasteiger partial charge in [0.25, 0.3) is 5.56 Å². The topological polar surface area (TPSA) is 38.1 Å². The van der Waals surface area contributed by atoms with Crippen molar-refractivity contribution in [2.75, 3.05) is 17.3 Å². The van der Waals surface area contributed by atoms with Crippen molar-refractivity contribution in [3.05, 3.63) is 56.4 Å². The molecule has 1 aromatic carbocycles. The van der Waals surface area contributed by atoms with Gasteiger partial charge >= 0.3 is 0 Å². The van der Waals surface area contributed by atoms with Gasteiger partial charge in [-0.25, -0.2) is 4.68 Å². The van der Waals surface area contributed by atoms with Crippen molar-refractivity contribution in [3.8, 4) is 0 Å². The number of aromatic nitrogens is 2. The van der Waals surface area contributed by atoms with Gasteiger partial charge in [-0.1, -0.05) is 35.3 Å². The van der Waals surface area contributed by atoms with Crippen molar-refractivity contribution in [2.45, 2.75) is 13.0 Å². The highest BCUT2D eigenvalue weighted by molar-refractivity contribution is 6.33. The van der Waals surface area contributed by atoms with Crippen molar-refractivity contribution in [1.29, 1.82) is 0 Å². The fourth-order valence-electron chi connectivity index (χ4n) is 2.07. The number of rotatable bonds is 6. The molecular weight excluding hydrogens is 345 g/mol. The van der Waals surface area contributed by atoms with Gasteiger partial charge in [-0.15, -0.1) is 11.6 Å². The maximum atomic E-state index is 12.0. The molecule has 22 heavy (non-hydrogen) atoms. The number of hydrogen-bond donors (Lipinski definition) is 0. The van der Waals surface area contributed by atoms with E-state index in [4.69, 9.17) is 34.8 Å². The third-order valence-corrected chi connectivity index (χ3v) is 4.12. The Morgan fingerprint density at radius 1 is 1.23 bits per heavy atom. The van der Waals surface area contributed by atoms with E-state index in [-0.39, 0.29) is 10.6 Å². The van der Waals surface area contributed by atoms with Crippen molar-refractivity contribution in [3.63, 3.8) is 0 Å². The van der Waals surface area contributed by atoms with Gasteiger partial charge in [-0.3, -0.25) is 4.79 Å². The number of benzene rings is 1. The predicted octanol–water partition coefficient (Wildman–Crippen LogP) is 3.72. The number of hydrogen-bond acceptors (Lipinski definition) is 3. The second-order valence-electron chi connectivity index (χ2n) is 4.86. The Kier molecular flexibility index (Phi) is 6.12. The highest BCUT2D eigenvalue weighted by Crippen LogP contribution is 2.23. The molecule has 2 aromatic rings. The van der Waals surface area contributed by atoms with Gasteiger partial charge in [-0.2, -0.15) is 5.10 Å². The van der Waals surface area contributed by atoms with Crippen LogP contribution in [0.5, 0.6) is 0 Å². The van der Waals surface area contributed by atoms with Crippen LogP contribution in [-0.4, -0.2) is 22.2 Å². The van der Waals surface area contributed by atoms with Gasteiger partial charge in [0.2, 0.25) is 0 Å². The summed E-state index contributed by atoms with van der Waals surface area (Å²) in [6.07, 6.45) is 2.38. The zero-order valence-electron chi connectivity index (χ0n) is 12.1. The second-order valence-corrected chi connectivity index (χ2v) is 6.06. The Hall–Kier alpha value is -1.23. The lowest BCUT2D eigenvalue weighted by molar-refractivity contribution is 0.694. The third kappa shape index (κ3) is 4.15. The molecule has 0 N–H and O–H groups in total. The van der Waals surface area contributed by atoms with E-state index >= 15 is 0 Å². The number of anilines is 1. The Morgan fingerprint density at radius 3 is 2.55 bits per heavy atom. The van der Waals surface area contributed by atoms with Crippen LogP contribution in [0.25, 0.3) is 0 Å². The second kappa shape index (κ2) is 7.86.